The van der Waals surface area contributed by atoms with E-state index in [4.69, 9.17) is 23.6 Å². The highest BCUT2D eigenvalue weighted by Gasteiger charge is 2.18. The SMILES string of the molecule is COC(=O)[C@H](C)Oc1cccc(C=Nn2c(-c3cc4c(OC)cccc4o3)nc3ccccc3c2=O)c1. The van der Waals surface area contributed by atoms with Crippen LogP contribution in [0.1, 0.15) is 12.5 Å². The smallest absolute Gasteiger partial charge is 0.346 e. The molecule has 37 heavy (non-hydrogen) atoms. The minimum atomic E-state index is -0.777. The summed E-state index contributed by atoms with van der Waals surface area (Å²) in [5.74, 6) is 1.22. The average molecular weight is 498 g/mol. The van der Waals surface area contributed by atoms with Crippen LogP contribution >= 0.6 is 0 Å². The lowest BCUT2D eigenvalue weighted by Crippen LogP contribution is -2.24. The van der Waals surface area contributed by atoms with Crippen LogP contribution in [0.4, 0.5) is 0 Å². The molecule has 0 saturated carbocycles. The molecule has 186 valence electrons. The molecule has 0 aliphatic carbocycles. The van der Waals surface area contributed by atoms with Gasteiger partial charge in [-0.05, 0) is 55.0 Å². The van der Waals surface area contributed by atoms with E-state index in [9.17, 15) is 9.59 Å². The third kappa shape index (κ3) is 4.66. The van der Waals surface area contributed by atoms with Gasteiger partial charge in [0.1, 0.15) is 17.1 Å². The Labute approximate surface area is 211 Å². The number of esters is 1. The molecule has 0 fully saturated rings. The predicted octanol–water partition coefficient (Wildman–Crippen LogP) is 4.64. The van der Waals surface area contributed by atoms with Crippen molar-refractivity contribution < 1.29 is 23.4 Å². The van der Waals surface area contributed by atoms with E-state index < -0.39 is 12.1 Å². The van der Waals surface area contributed by atoms with E-state index in [1.54, 1.807) is 62.6 Å². The average Bonchev–Trinajstić information content (AvgIpc) is 3.36. The van der Waals surface area contributed by atoms with Crippen LogP contribution in [-0.2, 0) is 9.53 Å². The lowest BCUT2D eigenvalue weighted by molar-refractivity contribution is -0.147. The van der Waals surface area contributed by atoms with Gasteiger partial charge in [-0.2, -0.15) is 9.78 Å². The second-order valence-electron chi connectivity index (χ2n) is 8.15. The maximum absolute atomic E-state index is 13.5. The fourth-order valence-electron chi connectivity index (χ4n) is 3.92. The van der Waals surface area contributed by atoms with Gasteiger partial charge in [0, 0.05) is 0 Å². The molecule has 0 unspecified atom stereocenters. The second-order valence-corrected chi connectivity index (χ2v) is 8.15. The summed E-state index contributed by atoms with van der Waals surface area (Å²) in [6.07, 6.45) is 0.737. The van der Waals surface area contributed by atoms with E-state index in [2.05, 4.69) is 5.10 Å². The van der Waals surface area contributed by atoms with E-state index in [1.165, 1.54) is 18.0 Å². The minimum Gasteiger partial charge on any atom is -0.496 e. The van der Waals surface area contributed by atoms with Crippen molar-refractivity contribution >= 4 is 34.1 Å². The number of carbonyl (C=O) groups excluding carboxylic acids is 1. The van der Waals surface area contributed by atoms with Crippen molar-refractivity contribution in [1.29, 1.82) is 0 Å². The van der Waals surface area contributed by atoms with Crippen molar-refractivity contribution in [2.45, 2.75) is 13.0 Å². The van der Waals surface area contributed by atoms with E-state index in [0.29, 0.717) is 39.3 Å². The molecule has 2 heterocycles. The van der Waals surface area contributed by atoms with Crippen LogP contribution in [0.15, 0.2) is 87.1 Å². The van der Waals surface area contributed by atoms with Gasteiger partial charge in [-0.15, -0.1) is 0 Å². The fraction of sp³-hybridized carbons (Fsp3) is 0.143. The van der Waals surface area contributed by atoms with Crippen molar-refractivity contribution in [3.63, 3.8) is 0 Å². The minimum absolute atomic E-state index is 0.241. The maximum Gasteiger partial charge on any atom is 0.346 e. The van der Waals surface area contributed by atoms with E-state index in [-0.39, 0.29) is 11.4 Å². The Morgan fingerprint density at radius 1 is 1.03 bits per heavy atom. The lowest BCUT2D eigenvalue weighted by Gasteiger charge is -2.12. The molecule has 5 rings (SSSR count). The molecule has 0 amide bonds. The number of methoxy groups -OCH3 is 2. The van der Waals surface area contributed by atoms with Crippen molar-refractivity contribution in [3.05, 3.63) is 88.7 Å². The van der Waals surface area contributed by atoms with Crippen LogP contribution in [0.3, 0.4) is 0 Å². The van der Waals surface area contributed by atoms with Crippen LogP contribution in [0.25, 0.3) is 33.5 Å². The van der Waals surface area contributed by atoms with Gasteiger partial charge in [-0.1, -0.05) is 30.3 Å². The van der Waals surface area contributed by atoms with Gasteiger partial charge < -0.3 is 18.6 Å². The fourth-order valence-corrected chi connectivity index (χ4v) is 3.92. The molecule has 1 atom stereocenters. The quantitative estimate of drug-likeness (QED) is 0.238. The molecular weight excluding hydrogens is 474 g/mol. The number of hydrogen-bond donors (Lipinski definition) is 0. The van der Waals surface area contributed by atoms with E-state index >= 15 is 0 Å². The van der Waals surface area contributed by atoms with Crippen LogP contribution in [0.5, 0.6) is 11.5 Å². The van der Waals surface area contributed by atoms with Crippen molar-refractivity contribution in [3.8, 4) is 23.1 Å². The largest absolute Gasteiger partial charge is 0.496 e. The third-order valence-corrected chi connectivity index (χ3v) is 5.74. The first-order valence-corrected chi connectivity index (χ1v) is 11.5. The van der Waals surface area contributed by atoms with Crippen molar-refractivity contribution in [2.75, 3.05) is 14.2 Å². The van der Waals surface area contributed by atoms with Crippen LogP contribution in [-0.4, -0.2) is 42.2 Å². The van der Waals surface area contributed by atoms with Gasteiger partial charge in [0.2, 0.25) is 5.82 Å². The molecule has 9 nitrogen and oxygen atoms in total. The summed E-state index contributed by atoms with van der Waals surface area (Å²) >= 11 is 0. The molecule has 0 radical (unpaired) electrons. The molecule has 0 bridgehead atoms. The number of ether oxygens (including phenoxy) is 3. The number of para-hydroxylation sites is 1. The molecule has 0 spiro atoms. The van der Waals surface area contributed by atoms with Crippen LogP contribution < -0.4 is 15.0 Å². The van der Waals surface area contributed by atoms with Gasteiger partial charge in [0.05, 0.1) is 36.7 Å². The summed E-state index contributed by atoms with van der Waals surface area (Å²) in [5, 5.41) is 5.64. The molecule has 2 aromatic heterocycles. The Morgan fingerprint density at radius 3 is 2.65 bits per heavy atom. The highest BCUT2D eigenvalue weighted by molar-refractivity contribution is 5.88. The normalized spacial score (nSPS) is 12.2. The van der Waals surface area contributed by atoms with Crippen LogP contribution in [0, 0.1) is 0 Å². The molecule has 0 aliphatic heterocycles. The lowest BCUT2D eigenvalue weighted by atomic mass is 10.2. The highest BCUT2D eigenvalue weighted by atomic mass is 16.6. The van der Waals surface area contributed by atoms with Gasteiger partial charge in [-0.25, -0.2) is 9.78 Å². The monoisotopic (exact) mass is 497 g/mol. The topological polar surface area (TPSA) is 105 Å². The first-order valence-electron chi connectivity index (χ1n) is 11.5. The first kappa shape index (κ1) is 23.8. The summed E-state index contributed by atoms with van der Waals surface area (Å²) < 4.78 is 23.1. The Bertz CT molecular complexity index is 1700. The zero-order valence-corrected chi connectivity index (χ0v) is 20.4. The van der Waals surface area contributed by atoms with Crippen molar-refractivity contribution in [2.24, 2.45) is 5.10 Å². The number of fused-ring (bicyclic) bond motifs is 2. The molecule has 0 N–H and O–H groups in total. The third-order valence-electron chi connectivity index (χ3n) is 5.74. The number of benzene rings is 3. The maximum atomic E-state index is 13.5. The summed E-state index contributed by atoms with van der Waals surface area (Å²) in [4.78, 5) is 29.9. The van der Waals surface area contributed by atoms with Gasteiger partial charge in [0.25, 0.3) is 5.56 Å². The zero-order chi connectivity index (χ0) is 25.9. The molecular formula is C28H23N3O6. The number of aromatic nitrogens is 2. The Kier molecular flexibility index (Phi) is 6.42. The number of carbonyl (C=O) groups is 1. The number of furan rings is 1. The highest BCUT2D eigenvalue weighted by Crippen LogP contribution is 2.32. The van der Waals surface area contributed by atoms with E-state index in [0.717, 1.165) is 5.39 Å². The summed E-state index contributed by atoms with van der Waals surface area (Å²) in [6, 6.07) is 21.3. The Morgan fingerprint density at radius 2 is 1.84 bits per heavy atom. The second kappa shape index (κ2) is 9.98. The number of rotatable bonds is 7. The predicted molar refractivity (Wildman–Crippen MR) is 139 cm³/mol. The van der Waals surface area contributed by atoms with Gasteiger partial charge >= 0.3 is 5.97 Å². The summed E-state index contributed by atoms with van der Waals surface area (Å²) in [5.41, 5.74) is 1.41. The standard InChI is InChI=1S/C28H23N3O6/c1-17(28(33)35-3)36-19-9-6-8-18(14-19)16-29-31-26(30-22-11-5-4-10-20(22)27(31)32)25-15-21-23(34-2)12-7-13-24(21)37-25/h4-17H,1-3H3/t17-/m0/s1. The Balaban J connectivity index is 1.60. The van der Waals surface area contributed by atoms with Gasteiger partial charge in [-0.3, -0.25) is 4.79 Å². The number of hydrogen-bond acceptors (Lipinski definition) is 8. The molecule has 5 aromatic rings. The molecule has 9 heteroatoms. The van der Waals surface area contributed by atoms with Crippen molar-refractivity contribution in [1.82, 2.24) is 9.66 Å². The summed E-state index contributed by atoms with van der Waals surface area (Å²) in [7, 11) is 2.88. The van der Waals surface area contributed by atoms with E-state index in [1.807, 2.05) is 24.3 Å². The molecule has 0 saturated heterocycles. The molecule has 3 aromatic carbocycles. The van der Waals surface area contributed by atoms with Crippen LogP contribution in [0.2, 0.25) is 0 Å². The molecule has 0 aliphatic rings. The summed E-state index contributed by atoms with van der Waals surface area (Å²) in [6.45, 7) is 1.60. The first-order chi connectivity index (χ1) is 18.0. The van der Waals surface area contributed by atoms with Gasteiger partial charge in [0.15, 0.2) is 11.9 Å². The zero-order valence-electron chi connectivity index (χ0n) is 20.4. The Hall–Kier alpha value is -4.92. The number of nitrogens with zero attached hydrogens (tertiary/aromatic N) is 3.